The Kier molecular flexibility index (Phi) is 6.55. The third-order valence-electron chi connectivity index (χ3n) is 7.07. The van der Waals surface area contributed by atoms with Gasteiger partial charge < -0.3 is 5.32 Å². The van der Waals surface area contributed by atoms with Crippen molar-refractivity contribution in [1.82, 2.24) is 20.1 Å². The van der Waals surface area contributed by atoms with E-state index in [1.54, 1.807) is 0 Å². The first kappa shape index (κ1) is 20.8. The van der Waals surface area contributed by atoms with Crippen LogP contribution in [0.2, 0.25) is 0 Å². The Bertz CT molecular complexity index is 665. The van der Waals surface area contributed by atoms with Gasteiger partial charge in [-0.15, -0.1) is 0 Å². The van der Waals surface area contributed by atoms with Crippen LogP contribution >= 0.6 is 0 Å². The Morgan fingerprint density at radius 3 is 2.69 bits per heavy atom. The molecule has 1 aliphatic carbocycles. The minimum absolute atomic E-state index is 0.130. The molecule has 3 fully saturated rings. The lowest BCUT2D eigenvalue weighted by Crippen LogP contribution is -2.52. The van der Waals surface area contributed by atoms with Crippen molar-refractivity contribution in [2.45, 2.75) is 76.9 Å². The number of amides is 1. The average molecular weight is 399 g/mol. The average Bonchev–Trinajstić information content (AvgIpc) is 3.47. The summed E-state index contributed by atoms with van der Waals surface area (Å²) in [5.41, 5.74) is 1.43. The second-order valence-electron chi connectivity index (χ2n) is 10.1. The van der Waals surface area contributed by atoms with E-state index >= 15 is 0 Å². The Morgan fingerprint density at radius 2 is 2.03 bits per heavy atom. The van der Waals surface area contributed by atoms with Gasteiger partial charge in [-0.3, -0.25) is 19.6 Å². The van der Waals surface area contributed by atoms with Gasteiger partial charge >= 0.3 is 0 Å². The fraction of sp³-hybridized carbons (Fsp3) is 0.750. The lowest BCUT2D eigenvalue weighted by Gasteiger charge is -2.42. The molecule has 0 aromatic carbocycles. The molecule has 3 aliphatic rings. The van der Waals surface area contributed by atoms with Crippen LogP contribution in [0, 0.1) is 11.8 Å². The number of pyridine rings is 1. The van der Waals surface area contributed by atoms with Crippen LogP contribution in [-0.4, -0.2) is 58.5 Å². The molecule has 5 nitrogen and oxygen atoms in total. The molecule has 0 bridgehead atoms. The standard InChI is InChI=1S/C24H38N4O/c1-19(2)15-24(9-10-24)26-23(29)21-6-4-12-28(18-21)22-7-13-27(14-8-22)17-20-5-3-11-25-16-20/h3,5,11,16,19,21-22H,4,6-10,12-15,17-18H2,1-2H3,(H,26,29)/t21-/m1/s1. The van der Waals surface area contributed by atoms with Gasteiger partial charge in [0.2, 0.25) is 5.91 Å². The first-order valence-electron chi connectivity index (χ1n) is 11.7. The van der Waals surface area contributed by atoms with E-state index in [2.05, 4.69) is 40.0 Å². The van der Waals surface area contributed by atoms with Gasteiger partial charge in [0.05, 0.1) is 5.92 Å². The van der Waals surface area contributed by atoms with E-state index in [1.165, 1.54) is 31.2 Å². The van der Waals surface area contributed by atoms with Gasteiger partial charge in [-0.2, -0.15) is 0 Å². The molecule has 1 N–H and O–H groups in total. The molecule has 1 aromatic rings. The van der Waals surface area contributed by atoms with E-state index < -0.39 is 0 Å². The molecular weight excluding hydrogens is 360 g/mol. The first-order chi connectivity index (χ1) is 14.0. The maximum absolute atomic E-state index is 13.0. The molecule has 2 saturated heterocycles. The number of hydrogen-bond donors (Lipinski definition) is 1. The Balaban J connectivity index is 1.24. The highest BCUT2D eigenvalue weighted by Crippen LogP contribution is 2.41. The van der Waals surface area contributed by atoms with E-state index in [0.29, 0.717) is 17.9 Å². The highest BCUT2D eigenvalue weighted by molar-refractivity contribution is 5.80. The number of likely N-dealkylation sites (tertiary alicyclic amines) is 2. The number of carbonyl (C=O) groups excluding carboxylic acids is 1. The number of aromatic nitrogens is 1. The summed E-state index contributed by atoms with van der Waals surface area (Å²) in [6.07, 6.45) is 11.9. The van der Waals surface area contributed by atoms with E-state index in [-0.39, 0.29) is 11.5 Å². The number of nitrogens with one attached hydrogen (secondary N) is 1. The van der Waals surface area contributed by atoms with Gasteiger partial charge in [-0.25, -0.2) is 0 Å². The second-order valence-corrected chi connectivity index (χ2v) is 10.1. The number of nitrogens with zero attached hydrogens (tertiary/aromatic N) is 3. The normalized spacial score (nSPS) is 25.8. The largest absolute Gasteiger partial charge is 0.350 e. The highest BCUT2D eigenvalue weighted by Gasteiger charge is 2.45. The molecule has 0 radical (unpaired) electrons. The van der Waals surface area contributed by atoms with Crippen LogP contribution in [0.25, 0.3) is 0 Å². The smallest absolute Gasteiger partial charge is 0.224 e. The molecule has 1 saturated carbocycles. The van der Waals surface area contributed by atoms with Crippen LogP contribution in [0.5, 0.6) is 0 Å². The molecule has 4 rings (SSSR count). The third-order valence-corrected chi connectivity index (χ3v) is 7.07. The van der Waals surface area contributed by atoms with Crippen molar-refractivity contribution in [2.24, 2.45) is 11.8 Å². The zero-order valence-corrected chi connectivity index (χ0v) is 18.3. The van der Waals surface area contributed by atoms with E-state index in [0.717, 1.165) is 52.0 Å². The molecule has 1 amide bonds. The van der Waals surface area contributed by atoms with Crippen LogP contribution in [0.1, 0.15) is 64.4 Å². The van der Waals surface area contributed by atoms with Gasteiger partial charge in [0, 0.05) is 37.1 Å². The summed E-state index contributed by atoms with van der Waals surface area (Å²) in [4.78, 5) is 22.4. The van der Waals surface area contributed by atoms with Gasteiger partial charge in [-0.1, -0.05) is 19.9 Å². The predicted molar refractivity (Wildman–Crippen MR) is 116 cm³/mol. The molecule has 3 heterocycles. The molecule has 29 heavy (non-hydrogen) atoms. The minimum atomic E-state index is 0.130. The molecule has 1 aromatic heterocycles. The fourth-order valence-electron chi connectivity index (χ4n) is 5.42. The molecule has 5 heteroatoms. The van der Waals surface area contributed by atoms with E-state index in [4.69, 9.17) is 0 Å². The first-order valence-corrected chi connectivity index (χ1v) is 11.7. The molecule has 2 aliphatic heterocycles. The van der Waals surface area contributed by atoms with Crippen LogP contribution in [-0.2, 0) is 11.3 Å². The minimum Gasteiger partial charge on any atom is -0.350 e. The number of hydrogen-bond acceptors (Lipinski definition) is 4. The molecule has 160 valence electrons. The maximum Gasteiger partial charge on any atom is 0.224 e. The maximum atomic E-state index is 13.0. The predicted octanol–water partition coefficient (Wildman–Crippen LogP) is 3.45. The summed E-state index contributed by atoms with van der Waals surface area (Å²) in [5, 5.41) is 3.45. The zero-order valence-electron chi connectivity index (χ0n) is 18.3. The van der Waals surface area contributed by atoms with E-state index in [1.807, 2.05) is 18.5 Å². The Morgan fingerprint density at radius 1 is 1.24 bits per heavy atom. The molecular formula is C24H38N4O. The second kappa shape index (κ2) is 9.13. The van der Waals surface area contributed by atoms with Gasteiger partial charge in [0.25, 0.3) is 0 Å². The van der Waals surface area contributed by atoms with Gasteiger partial charge in [0.15, 0.2) is 0 Å². The summed E-state index contributed by atoms with van der Waals surface area (Å²) in [7, 11) is 0. The summed E-state index contributed by atoms with van der Waals surface area (Å²) >= 11 is 0. The Labute approximate surface area is 176 Å². The summed E-state index contributed by atoms with van der Waals surface area (Å²) < 4.78 is 0. The monoisotopic (exact) mass is 398 g/mol. The van der Waals surface area contributed by atoms with Crippen molar-refractivity contribution in [2.75, 3.05) is 26.2 Å². The summed E-state index contributed by atoms with van der Waals surface area (Å²) in [6, 6.07) is 4.83. The topological polar surface area (TPSA) is 48.5 Å². The van der Waals surface area contributed by atoms with Crippen LogP contribution in [0.4, 0.5) is 0 Å². The lowest BCUT2D eigenvalue weighted by molar-refractivity contribution is -0.128. The zero-order chi connectivity index (χ0) is 20.3. The number of piperidine rings is 2. The number of carbonyl (C=O) groups is 1. The van der Waals surface area contributed by atoms with E-state index in [9.17, 15) is 4.79 Å². The third kappa shape index (κ3) is 5.58. The SMILES string of the molecule is CC(C)CC1(NC(=O)[C@@H]2CCCN(C3CCN(Cc4cccnc4)CC3)C2)CC1. The molecule has 0 spiro atoms. The fourth-order valence-corrected chi connectivity index (χ4v) is 5.42. The van der Waals surface area contributed by atoms with Crippen LogP contribution in [0.15, 0.2) is 24.5 Å². The molecule has 1 atom stereocenters. The highest BCUT2D eigenvalue weighted by atomic mass is 16.2. The van der Waals surface area contributed by atoms with Crippen molar-refractivity contribution in [1.29, 1.82) is 0 Å². The molecule has 0 unspecified atom stereocenters. The Hall–Kier alpha value is -1.46. The quantitative estimate of drug-likeness (QED) is 0.764. The summed E-state index contributed by atoms with van der Waals surface area (Å²) in [6.45, 7) is 9.92. The van der Waals surface area contributed by atoms with Crippen molar-refractivity contribution in [3.05, 3.63) is 30.1 Å². The van der Waals surface area contributed by atoms with Crippen molar-refractivity contribution in [3.8, 4) is 0 Å². The van der Waals surface area contributed by atoms with Crippen LogP contribution < -0.4 is 5.32 Å². The number of rotatable bonds is 7. The lowest BCUT2D eigenvalue weighted by atomic mass is 9.92. The van der Waals surface area contributed by atoms with Crippen LogP contribution in [0.3, 0.4) is 0 Å². The summed E-state index contributed by atoms with van der Waals surface area (Å²) in [5.74, 6) is 1.15. The van der Waals surface area contributed by atoms with Crippen molar-refractivity contribution >= 4 is 5.91 Å². The van der Waals surface area contributed by atoms with Gasteiger partial charge in [-0.05, 0) is 82.1 Å². The van der Waals surface area contributed by atoms with Crippen molar-refractivity contribution < 1.29 is 4.79 Å². The van der Waals surface area contributed by atoms with Gasteiger partial charge in [0.1, 0.15) is 0 Å². The van der Waals surface area contributed by atoms with Crippen molar-refractivity contribution in [3.63, 3.8) is 0 Å².